The first-order valence-electron chi connectivity index (χ1n) is 9.53. The van der Waals surface area contributed by atoms with Crippen molar-refractivity contribution in [2.75, 3.05) is 18.0 Å². The Morgan fingerprint density at radius 2 is 2.03 bits per heavy atom. The van der Waals surface area contributed by atoms with Crippen LogP contribution in [0.4, 0.5) is 5.95 Å². The van der Waals surface area contributed by atoms with Gasteiger partial charge in [0.15, 0.2) is 5.69 Å². The van der Waals surface area contributed by atoms with Crippen LogP contribution in [0.2, 0.25) is 5.02 Å². The van der Waals surface area contributed by atoms with Crippen LogP contribution in [-0.2, 0) is 6.42 Å². The molecule has 150 valence electrons. The van der Waals surface area contributed by atoms with Gasteiger partial charge in [0.2, 0.25) is 5.95 Å². The molecule has 0 atom stereocenters. The molecule has 1 saturated heterocycles. The number of hydrogen-bond donors (Lipinski definition) is 0. The largest absolute Gasteiger partial charge is 0.423 e. The van der Waals surface area contributed by atoms with Crippen LogP contribution < -0.4 is 15.3 Å². The molecular weight excluding hydrogens is 394 g/mol. The number of carbonyl (C=O) groups is 1. The minimum atomic E-state index is -0.679. The van der Waals surface area contributed by atoms with E-state index in [1.165, 1.54) is 12.3 Å². The molecule has 2 aromatic heterocycles. The summed E-state index contributed by atoms with van der Waals surface area (Å²) in [6, 6.07) is 4.87. The highest BCUT2D eigenvalue weighted by Gasteiger charge is 2.22. The number of benzene rings is 1. The second-order valence-corrected chi connectivity index (χ2v) is 7.42. The monoisotopic (exact) mass is 413 g/mol. The molecular formula is C21H20ClN3O4. The van der Waals surface area contributed by atoms with Crippen LogP contribution >= 0.6 is 11.6 Å². The van der Waals surface area contributed by atoms with Crippen LogP contribution in [0, 0.1) is 6.92 Å². The predicted molar refractivity (Wildman–Crippen MR) is 110 cm³/mol. The topological polar surface area (TPSA) is 85.5 Å². The van der Waals surface area contributed by atoms with E-state index < -0.39 is 11.6 Å². The van der Waals surface area contributed by atoms with E-state index in [0.29, 0.717) is 23.7 Å². The maximum atomic E-state index is 12.8. The zero-order valence-corrected chi connectivity index (χ0v) is 17.0. The molecule has 1 fully saturated rings. The lowest BCUT2D eigenvalue weighted by molar-refractivity contribution is 0.0727. The summed E-state index contributed by atoms with van der Waals surface area (Å²) in [6.07, 6.45) is 4.18. The van der Waals surface area contributed by atoms with Crippen LogP contribution in [0.1, 0.15) is 41.4 Å². The van der Waals surface area contributed by atoms with Crippen LogP contribution in [0.3, 0.4) is 0 Å². The number of halogens is 1. The lowest BCUT2D eigenvalue weighted by Gasteiger charge is -2.16. The van der Waals surface area contributed by atoms with Gasteiger partial charge in [-0.1, -0.05) is 18.5 Å². The third kappa shape index (κ3) is 3.82. The molecule has 29 heavy (non-hydrogen) atoms. The average molecular weight is 414 g/mol. The number of carbonyl (C=O) groups excluding carboxylic acids is 1. The summed E-state index contributed by atoms with van der Waals surface area (Å²) in [5, 5.41) is 0.928. The Hall–Kier alpha value is -2.93. The van der Waals surface area contributed by atoms with Gasteiger partial charge in [-0.2, -0.15) is 0 Å². The summed E-state index contributed by atoms with van der Waals surface area (Å²) >= 11 is 6.17. The highest BCUT2D eigenvalue weighted by atomic mass is 35.5. The molecule has 8 heteroatoms. The lowest BCUT2D eigenvalue weighted by atomic mass is 10.1. The van der Waals surface area contributed by atoms with E-state index in [0.717, 1.165) is 42.4 Å². The number of esters is 1. The Morgan fingerprint density at radius 3 is 2.76 bits per heavy atom. The predicted octanol–water partition coefficient (Wildman–Crippen LogP) is 3.93. The van der Waals surface area contributed by atoms with Crippen molar-refractivity contribution in [2.45, 2.75) is 33.1 Å². The van der Waals surface area contributed by atoms with E-state index in [4.69, 9.17) is 20.8 Å². The van der Waals surface area contributed by atoms with Crippen molar-refractivity contribution < 1.29 is 13.9 Å². The third-order valence-electron chi connectivity index (χ3n) is 5.03. The molecule has 3 heterocycles. The summed E-state index contributed by atoms with van der Waals surface area (Å²) in [7, 11) is 0. The van der Waals surface area contributed by atoms with Crippen molar-refractivity contribution in [2.24, 2.45) is 0 Å². The minimum Gasteiger partial charge on any atom is -0.423 e. The highest BCUT2D eigenvalue weighted by molar-refractivity contribution is 6.33. The molecule has 0 amide bonds. The fourth-order valence-electron chi connectivity index (χ4n) is 3.48. The molecule has 0 saturated carbocycles. The molecule has 7 nitrogen and oxygen atoms in total. The highest BCUT2D eigenvalue weighted by Crippen LogP contribution is 2.29. The van der Waals surface area contributed by atoms with Crippen molar-refractivity contribution in [3.05, 3.63) is 56.7 Å². The first-order chi connectivity index (χ1) is 14.0. The van der Waals surface area contributed by atoms with E-state index >= 15 is 0 Å². The van der Waals surface area contributed by atoms with Crippen molar-refractivity contribution >= 4 is 34.5 Å². The maximum Gasteiger partial charge on any atom is 0.364 e. The van der Waals surface area contributed by atoms with Crippen molar-refractivity contribution in [3.63, 3.8) is 0 Å². The van der Waals surface area contributed by atoms with Crippen LogP contribution in [0.25, 0.3) is 11.0 Å². The van der Waals surface area contributed by atoms with E-state index in [9.17, 15) is 9.59 Å². The second-order valence-electron chi connectivity index (χ2n) is 7.01. The van der Waals surface area contributed by atoms with Gasteiger partial charge in [0.05, 0.1) is 11.2 Å². The zero-order valence-electron chi connectivity index (χ0n) is 16.2. The van der Waals surface area contributed by atoms with Crippen molar-refractivity contribution in [1.29, 1.82) is 0 Å². The summed E-state index contributed by atoms with van der Waals surface area (Å²) < 4.78 is 10.9. The summed E-state index contributed by atoms with van der Waals surface area (Å²) in [5.74, 6) is 0.104. The van der Waals surface area contributed by atoms with Crippen molar-refractivity contribution in [1.82, 2.24) is 9.97 Å². The Bertz CT molecular complexity index is 1150. The first-order valence-corrected chi connectivity index (χ1v) is 9.91. The zero-order chi connectivity index (χ0) is 20.5. The molecule has 0 aliphatic carbocycles. The van der Waals surface area contributed by atoms with Gasteiger partial charge in [-0.25, -0.2) is 19.6 Å². The van der Waals surface area contributed by atoms with Gasteiger partial charge < -0.3 is 14.1 Å². The van der Waals surface area contributed by atoms with E-state index in [-0.39, 0.29) is 10.7 Å². The molecule has 0 radical (unpaired) electrons. The Morgan fingerprint density at radius 1 is 1.28 bits per heavy atom. The maximum absolute atomic E-state index is 12.8. The third-order valence-corrected chi connectivity index (χ3v) is 5.31. The molecule has 0 unspecified atom stereocenters. The Balaban J connectivity index is 1.70. The van der Waals surface area contributed by atoms with E-state index in [1.54, 1.807) is 6.07 Å². The van der Waals surface area contributed by atoms with Gasteiger partial charge in [-0.15, -0.1) is 0 Å². The van der Waals surface area contributed by atoms with E-state index in [1.807, 2.05) is 24.8 Å². The summed E-state index contributed by atoms with van der Waals surface area (Å²) in [5.41, 5.74) is 1.54. The quantitative estimate of drug-likeness (QED) is 0.364. The van der Waals surface area contributed by atoms with Gasteiger partial charge >= 0.3 is 11.6 Å². The molecule has 0 spiro atoms. The van der Waals surface area contributed by atoms with Crippen LogP contribution in [0.5, 0.6) is 5.75 Å². The average Bonchev–Trinajstić information content (AvgIpc) is 3.22. The van der Waals surface area contributed by atoms with Crippen LogP contribution in [0.15, 0.2) is 33.6 Å². The Labute approximate surface area is 172 Å². The molecule has 1 aromatic carbocycles. The van der Waals surface area contributed by atoms with Gasteiger partial charge in [-0.3, -0.25) is 0 Å². The number of hydrogen-bond acceptors (Lipinski definition) is 7. The number of rotatable bonds is 4. The Kier molecular flexibility index (Phi) is 5.24. The van der Waals surface area contributed by atoms with Gasteiger partial charge in [-0.05, 0) is 43.4 Å². The fourth-order valence-corrected chi connectivity index (χ4v) is 3.65. The number of aryl methyl sites for hydroxylation is 2. The van der Waals surface area contributed by atoms with Gasteiger partial charge in [0.1, 0.15) is 11.3 Å². The molecule has 0 bridgehead atoms. The lowest BCUT2D eigenvalue weighted by Crippen LogP contribution is -2.22. The summed E-state index contributed by atoms with van der Waals surface area (Å²) in [6.45, 7) is 5.49. The SMILES string of the molecule is CCc1cc2c(C)cc(=O)oc2cc1OC(=O)c1nc(N2CCCC2)ncc1Cl. The fraction of sp³-hybridized carbons (Fsp3) is 0.333. The molecule has 3 aromatic rings. The van der Waals surface area contributed by atoms with E-state index in [2.05, 4.69) is 9.97 Å². The number of fused-ring (bicyclic) bond motifs is 1. The normalized spacial score (nSPS) is 13.8. The smallest absolute Gasteiger partial charge is 0.364 e. The standard InChI is InChI=1S/C21H20ClN3O4/c1-3-13-9-14-12(2)8-18(26)28-17(14)10-16(13)29-20(27)19-15(22)11-23-21(24-19)25-6-4-5-7-25/h8-11H,3-7H2,1-2H3. The van der Waals surface area contributed by atoms with Crippen molar-refractivity contribution in [3.8, 4) is 5.75 Å². The summed E-state index contributed by atoms with van der Waals surface area (Å²) in [4.78, 5) is 35.1. The molecule has 1 aliphatic heterocycles. The van der Waals surface area contributed by atoms with Gasteiger partial charge in [0, 0.05) is 30.6 Å². The molecule has 1 aliphatic rings. The number of ether oxygens (including phenoxy) is 1. The number of nitrogens with zero attached hydrogens (tertiary/aromatic N) is 3. The number of anilines is 1. The number of aromatic nitrogens is 2. The minimum absolute atomic E-state index is 0.0106. The second kappa shape index (κ2) is 7.83. The van der Waals surface area contributed by atoms with Crippen LogP contribution in [-0.4, -0.2) is 29.0 Å². The molecule has 0 N–H and O–H groups in total. The van der Waals surface area contributed by atoms with Gasteiger partial charge in [0.25, 0.3) is 0 Å². The molecule has 4 rings (SSSR count). The first kappa shape index (κ1) is 19.4.